The minimum Gasteiger partial charge on any atom is -0.378 e. The fourth-order valence-electron chi connectivity index (χ4n) is 4.55. The molecule has 0 fully saturated rings. The van der Waals surface area contributed by atoms with E-state index >= 15 is 0 Å². The van der Waals surface area contributed by atoms with E-state index in [1.54, 1.807) is 0 Å². The minimum absolute atomic E-state index is 0.638. The largest absolute Gasteiger partial charge is 0.378 e. The van der Waals surface area contributed by atoms with E-state index in [2.05, 4.69) is 182 Å². The predicted octanol–water partition coefficient (Wildman–Crippen LogP) is 8.11. The van der Waals surface area contributed by atoms with E-state index in [1.807, 2.05) is 13.1 Å². The van der Waals surface area contributed by atoms with Crippen molar-refractivity contribution in [2.24, 2.45) is 4.99 Å². The lowest BCUT2D eigenvalue weighted by molar-refractivity contribution is -0.688. The second kappa shape index (κ2) is 15.9. The average molecular weight is 568 g/mol. The van der Waals surface area contributed by atoms with E-state index in [4.69, 9.17) is 4.99 Å². The molecule has 0 aliphatic heterocycles. The summed E-state index contributed by atoms with van der Waals surface area (Å²) in [7, 11) is 8.22. The van der Waals surface area contributed by atoms with Crippen LogP contribution in [0.5, 0.6) is 0 Å². The van der Waals surface area contributed by atoms with E-state index in [0.717, 1.165) is 12.1 Å². The van der Waals surface area contributed by atoms with Gasteiger partial charge in [-0.25, -0.2) is 4.57 Å². The number of rotatable bonds is 12. The summed E-state index contributed by atoms with van der Waals surface area (Å²) in [6.45, 7) is 3.47. The zero-order valence-corrected chi connectivity index (χ0v) is 26.1. The van der Waals surface area contributed by atoms with Gasteiger partial charge in [-0.3, -0.25) is 4.99 Å². The molecule has 0 saturated heterocycles. The summed E-state index contributed by atoms with van der Waals surface area (Å²) in [5, 5.41) is 0. The highest BCUT2D eigenvalue weighted by molar-refractivity contribution is 5.75. The maximum Gasteiger partial charge on any atom is 0.174 e. The van der Waals surface area contributed by atoms with Crippen LogP contribution in [0.25, 0.3) is 18.2 Å². The van der Waals surface area contributed by atoms with E-state index in [0.29, 0.717) is 6.54 Å². The molecule has 3 aromatic carbocycles. The molecule has 1 heterocycles. The van der Waals surface area contributed by atoms with Gasteiger partial charge in [-0.1, -0.05) is 85.0 Å². The van der Waals surface area contributed by atoms with E-state index in [9.17, 15) is 0 Å². The van der Waals surface area contributed by atoms with Gasteiger partial charge in [0.25, 0.3) is 0 Å². The molecule has 0 N–H and O–H groups in total. The Bertz CT molecular complexity index is 1580. The molecule has 0 atom stereocenters. The molecule has 1 aromatic heterocycles. The summed E-state index contributed by atoms with van der Waals surface area (Å²) < 4.78 is 2.21. The van der Waals surface area contributed by atoms with Crippen molar-refractivity contribution in [2.75, 3.05) is 38.0 Å². The topological polar surface area (TPSA) is 22.7 Å². The fraction of sp³-hybridized carbons (Fsp3) is 0.179. The van der Waals surface area contributed by atoms with Crippen molar-refractivity contribution >= 4 is 35.8 Å². The molecule has 0 bridgehead atoms. The molecular formula is C39H43N4+. The van der Waals surface area contributed by atoms with Gasteiger partial charge in [0.15, 0.2) is 18.9 Å². The third-order valence-corrected chi connectivity index (χ3v) is 7.14. The second-order valence-corrected chi connectivity index (χ2v) is 10.9. The van der Waals surface area contributed by atoms with Crippen LogP contribution in [0.15, 0.2) is 132 Å². The number of hydrogen-bond acceptors (Lipinski definition) is 3. The quantitative estimate of drug-likeness (QED) is 0.0980. The molecule has 0 spiro atoms. The molecule has 43 heavy (non-hydrogen) atoms. The molecule has 4 aromatic rings. The Morgan fingerprint density at radius 1 is 0.651 bits per heavy atom. The molecule has 4 heteroatoms. The van der Waals surface area contributed by atoms with E-state index in [1.165, 1.54) is 39.2 Å². The molecule has 0 aliphatic rings. The first-order valence-electron chi connectivity index (χ1n) is 14.7. The Balaban J connectivity index is 1.36. The van der Waals surface area contributed by atoms with Crippen molar-refractivity contribution in [2.45, 2.75) is 20.0 Å². The normalized spacial score (nSPS) is 12.3. The highest BCUT2D eigenvalue weighted by atomic mass is 15.1. The summed E-state index contributed by atoms with van der Waals surface area (Å²) >= 11 is 0. The second-order valence-electron chi connectivity index (χ2n) is 10.9. The van der Waals surface area contributed by atoms with Crippen molar-refractivity contribution in [1.82, 2.24) is 0 Å². The Labute approximate surface area is 258 Å². The van der Waals surface area contributed by atoms with Crippen molar-refractivity contribution < 1.29 is 4.57 Å². The zero-order chi connectivity index (χ0) is 30.4. The number of pyridine rings is 1. The van der Waals surface area contributed by atoms with E-state index in [-0.39, 0.29) is 0 Å². The number of anilines is 2. The first-order chi connectivity index (χ1) is 20.9. The standard InChI is InChI=1S/C39H43N4/c1-6-9-32(12-13-33-16-20-38(21-17-33)41(2)3)24-27-40-30-36-10-7-8-11-37(36)31-43-28-25-35(26-29-43)15-14-34-18-22-39(23-19-34)42(4)5/h6-29H,30-31H2,1-5H3/q+1/b9-6-,13-12+,32-24+,40-27?. The smallest absolute Gasteiger partial charge is 0.174 e. The Hall–Kier alpha value is -4.96. The van der Waals surface area contributed by atoms with Crippen LogP contribution in [-0.4, -0.2) is 34.4 Å². The third kappa shape index (κ3) is 9.82. The Morgan fingerprint density at radius 3 is 1.74 bits per heavy atom. The fourth-order valence-corrected chi connectivity index (χ4v) is 4.55. The number of aliphatic imine (C=N–C) groups is 1. The summed E-state index contributed by atoms with van der Waals surface area (Å²) in [5.41, 5.74) is 9.54. The van der Waals surface area contributed by atoms with Crippen LogP contribution in [-0.2, 0) is 13.1 Å². The van der Waals surface area contributed by atoms with Crippen LogP contribution >= 0.6 is 0 Å². The van der Waals surface area contributed by atoms with Crippen molar-refractivity contribution in [3.8, 4) is 0 Å². The van der Waals surface area contributed by atoms with Gasteiger partial charge < -0.3 is 9.80 Å². The maximum absolute atomic E-state index is 4.74. The Morgan fingerprint density at radius 2 is 1.19 bits per heavy atom. The van der Waals surface area contributed by atoms with Gasteiger partial charge in [-0.2, -0.15) is 0 Å². The number of aromatic nitrogens is 1. The zero-order valence-electron chi connectivity index (χ0n) is 26.1. The van der Waals surface area contributed by atoms with E-state index < -0.39 is 0 Å². The Kier molecular flexibility index (Phi) is 11.4. The lowest BCUT2D eigenvalue weighted by Crippen LogP contribution is -2.33. The van der Waals surface area contributed by atoms with Crippen molar-refractivity contribution in [1.29, 1.82) is 0 Å². The van der Waals surface area contributed by atoms with Crippen LogP contribution in [0.3, 0.4) is 0 Å². The summed E-state index contributed by atoms with van der Waals surface area (Å²) in [4.78, 5) is 8.95. The summed E-state index contributed by atoms with van der Waals surface area (Å²) in [6, 6.07) is 30.0. The van der Waals surface area contributed by atoms with Gasteiger partial charge in [0.1, 0.15) is 0 Å². The van der Waals surface area contributed by atoms with Crippen LogP contribution in [0.4, 0.5) is 11.4 Å². The molecule has 0 amide bonds. The number of benzene rings is 3. The van der Waals surface area contributed by atoms with Crippen LogP contribution in [0.2, 0.25) is 0 Å². The third-order valence-electron chi connectivity index (χ3n) is 7.14. The van der Waals surface area contributed by atoms with Gasteiger partial charge in [0.2, 0.25) is 0 Å². The lowest BCUT2D eigenvalue weighted by Gasteiger charge is -2.11. The minimum atomic E-state index is 0.638. The van der Waals surface area contributed by atoms with Gasteiger partial charge in [0, 0.05) is 63.5 Å². The van der Waals surface area contributed by atoms with Gasteiger partial charge in [0.05, 0.1) is 6.54 Å². The monoisotopic (exact) mass is 567 g/mol. The predicted molar refractivity (Wildman–Crippen MR) is 187 cm³/mol. The molecule has 218 valence electrons. The molecule has 4 nitrogen and oxygen atoms in total. The molecule has 0 radical (unpaired) electrons. The van der Waals surface area contributed by atoms with Crippen molar-refractivity contribution in [3.05, 3.63) is 155 Å². The van der Waals surface area contributed by atoms with Gasteiger partial charge in [-0.15, -0.1) is 0 Å². The SMILES string of the molecule is C\C=C/C(/C=C/c1ccc(N(C)C)cc1)=C\C=NCc1ccccc1C[n+]1ccc(/C=C/c2ccc(N(C)C)cc2)cc1. The summed E-state index contributed by atoms with van der Waals surface area (Å²) in [5.74, 6) is 0. The van der Waals surface area contributed by atoms with Crippen LogP contribution < -0.4 is 14.4 Å². The van der Waals surface area contributed by atoms with Crippen molar-refractivity contribution in [3.63, 3.8) is 0 Å². The summed E-state index contributed by atoms with van der Waals surface area (Å²) in [6.07, 6.45) is 21.0. The molecule has 0 aliphatic carbocycles. The molecule has 0 saturated carbocycles. The number of nitrogens with zero attached hydrogens (tertiary/aromatic N) is 4. The lowest BCUT2D eigenvalue weighted by atomic mass is 10.1. The average Bonchev–Trinajstić information content (AvgIpc) is 3.02. The molecule has 4 rings (SSSR count). The first kappa shape index (κ1) is 31.0. The highest BCUT2D eigenvalue weighted by Gasteiger charge is 2.07. The number of allylic oxidation sites excluding steroid dienone is 5. The van der Waals surface area contributed by atoms with Gasteiger partial charge >= 0.3 is 0 Å². The highest BCUT2D eigenvalue weighted by Crippen LogP contribution is 2.16. The number of hydrogen-bond donors (Lipinski definition) is 0. The van der Waals surface area contributed by atoms with Gasteiger partial charge in [-0.05, 0) is 65.1 Å². The molecule has 0 unspecified atom stereocenters. The molecular weight excluding hydrogens is 524 g/mol. The first-order valence-corrected chi connectivity index (χ1v) is 14.7. The van der Waals surface area contributed by atoms with Crippen LogP contribution in [0, 0.1) is 0 Å². The maximum atomic E-state index is 4.74. The van der Waals surface area contributed by atoms with Crippen LogP contribution in [0.1, 0.15) is 34.7 Å².